The van der Waals surface area contributed by atoms with Crippen LogP contribution in [-0.2, 0) is 6.54 Å². The van der Waals surface area contributed by atoms with Crippen molar-refractivity contribution in [3.63, 3.8) is 0 Å². The molecule has 2 rings (SSSR count). The molecule has 0 amide bonds. The van der Waals surface area contributed by atoms with Gasteiger partial charge in [-0.1, -0.05) is 48.1 Å². The van der Waals surface area contributed by atoms with Crippen LogP contribution in [0.5, 0.6) is 0 Å². The Hall–Kier alpha value is -1.34. The summed E-state index contributed by atoms with van der Waals surface area (Å²) in [5, 5.41) is 2.36. The van der Waals surface area contributed by atoms with E-state index < -0.39 is 0 Å². The van der Waals surface area contributed by atoms with Crippen LogP contribution in [0.15, 0.2) is 48.1 Å². The van der Waals surface area contributed by atoms with E-state index in [1.54, 1.807) is 0 Å². The van der Waals surface area contributed by atoms with Crippen molar-refractivity contribution < 1.29 is 5.32 Å². The largest absolute Gasteiger partial charge is 0.339 e. The van der Waals surface area contributed by atoms with E-state index in [1.807, 2.05) is 0 Å². The first-order chi connectivity index (χ1) is 7.34. The maximum atomic E-state index is 2.36. The van der Waals surface area contributed by atoms with Gasteiger partial charge in [-0.05, 0) is 18.9 Å². The minimum atomic E-state index is 1.08. The third-order valence-electron chi connectivity index (χ3n) is 2.76. The molecule has 0 radical (unpaired) electrons. The van der Waals surface area contributed by atoms with Gasteiger partial charge in [0.1, 0.15) is 6.54 Å². The molecule has 0 atom stereocenters. The topological polar surface area (TPSA) is 16.6 Å². The lowest BCUT2D eigenvalue weighted by molar-refractivity contribution is -0.663. The van der Waals surface area contributed by atoms with Gasteiger partial charge in [-0.25, -0.2) is 0 Å². The van der Waals surface area contributed by atoms with Crippen molar-refractivity contribution in [3.05, 3.63) is 59.2 Å². The highest BCUT2D eigenvalue weighted by Gasteiger charge is 2.01. The SMILES string of the molecule is Cc1ccc(C[NH2+]CC2=CC=CC2)cc1. The lowest BCUT2D eigenvalue weighted by Gasteiger charge is -2.03. The molecular weight excluding hydrogens is 182 g/mol. The van der Waals surface area contributed by atoms with E-state index in [-0.39, 0.29) is 0 Å². The second-order valence-corrected chi connectivity index (χ2v) is 4.14. The van der Waals surface area contributed by atoms with Crippen LogP contribution in [0.1, 0.15) is 17.5 Å². The van der Waals surface area contributed by atoms with E-state index >= 15 is 0 Å². The molecule has 0 unspecified atom stereocenters. The van der Waals surface area contributed by atoms with Gasteiger partial charge in [0.15, 0.2) is 0 Å². The normalized spacial score (nSPS) is 14.3. The van der Waals surface area contributed by atoms with Crippen molar-refractivity contribution in [1.29, 1.82) is 0 Å². The zero-order chi connectivity index (χ0) is 10.5. The van der Waals surface area contributed by atoms with Crippen LogP contribution in [0.4, 0.5) is 0 Å². The Morgan fingerprint density at radius 1 is 1.13 bits per heavy atom. The van der Waals surface area contributed by atoms with Crippen molar-refractivity contribution in [3.8, 4) is 0 Å². The zero-order valence-electron chi connectivity index (χ0n) is 9.24. The average molecular weight is 200 g/mol. The van der Waals surface area contributed by atoms with Crippen molar-refractivity contribution in [1.82, 2.24) is 0 Å². The van der Waals surface area contributed by atoms with Crippen LogP contribution in [0, 0.1) is 6.92 Å². The molecule has 1 aliphatic rings. The number of hydrogen-bond acceptors (Lipinski definition) is 0. The van der Waals surface area contributed by atoms with Crippen LogP contribution in [-0.4, -0.2) is 6.54 Å². The molecule has 1 nitrogen and oxygen atoms in total. The molecule has 0 bridgehead atoms. The summed E-state index contributed by atoms with van der Waals surface area (Å²) in [5.74, 6) is 0. The molecule has 78 valence electrons. The minimum absolute atomic E-state index is 1.08. The minimum Gasteiger partial charge on any atom is -0.339 e. The number of quaternary nitrogens is 1. The number of nitrogens with two attached hydrogens (primary N) is 1. The highest BCUT2D eigenvalue weighted by atomic mass is 14.8. The van der Waals surface area contributed by atoms with Crippen molar-refractivity contribution in [2.24, 2.45) is 0 Å². The Labute approximate surface area is 91.5 Å². The van der Waals surface area contributed by atoms with Gasteiger partial charge in [-0.2, -0.15) is 0 Å². The molecule has 1 heteroatoms. The fraction of sp³-hybridized carbons (Fsp3) is 0.286. The number of hydrogen-bond donors (Lipinski definition) is 1. The smallest absolute Gasteiger partial charge is 0.101 e. The Bertz CT molecular complexity index is 371. The highest BCUT2D eigenvalue weighted by molar-refractivity contribution is 5.23. The predicted octanol–water partition coefficient (Wildman–Crippen LogP) is 1.94. The third-order valence-corrected chi connectivity index (χ3v) is 2.76. The molecule has 0 heterocycles. The molecule has 2 N–H and O–H groups in total. The molecule has 0 aromatic heterocycles. The van der Waals surface area contributed by atoms with Crippen LogP contribution in [0.3, 0.4) is 0 Å². The predicted molar refractivity (Wildman–Crippen MR) is 63.5 cm³/mol. The summed E-state index contributed by atoms with van der Waals surface area (Å²) in [6.45, 7) is 4.33. The summed E-state index contributed by atoms with van der Waals surface area (Å²) in [6.07, 6.45) is 7.74. The van der Waals surface area contributed by atoms with Crippen LogP contribution in [0.25, 0.3) is 0 Å². The molecule has 0 saturated carbocycles. The van der Waals surface area contributed by atoms with Crippen LogP contribution in [0.2, 0.25) is 0 Å². The summed E-state index contributed by atoms with van der Waals surface area (Å²) in [7, 11) is 0. The summed E-state index contributed by atoms with van der Waals surface area (Å²) >= 11 is 0. The second-order valence-electron chi connectivity index (χ2n) is 4.14. The monoisotopic (exact) mass is 200 g/mol. The quantitative estimate of drug-likeness (QED) is 0.765. The fourth-order valence-electron chi connectivity index (χ4n) is 1.79. The maximum Gasteiger partial charge on any atom is 0.101 e. The molecule has 0 fully saturated rings. The van der Waals surface area contributed by atoms with E-state index in [4.69, 9.17) is 0 Å². The van der Waals surface area contributed by atoms with Crippen LogP contribution < -0.4 is 5.32 Å². The number of allylic oxidation sites excluding steroid dienone is 3. The summed E-state index contributed by atoms with van der Waals surface area (Å²) in [4.78, 5) is 0. The molecule has 0 spiro atoms. The Morgan fingerprint density at radius 2 is 1.93 bits per heavy atom. The lowest BCUT2D eigenvalue weighted by Crippen LogP contribution is -2.82. The molecule has 0 aliphatic heterocycles. The highest BCUT2D eigenvalue weighted by Crippen LogP contribution is 2.07. The first-order valence-electron chi connectivity index (χ1n) is 5.56. The Morgan fingerprint density at radius 3 is 2.60 bits per heavy atom. The van der Waals surface area contributed by atoms with E-state index in [9.17, 15) is 0 Å². The third kappa shape index (κ3) is 3.07. The van der Waals surface area contributed by atoms with Gasteiger partial charge in [0.05, 0.1) is 6.54 Å². The van der Waals surface area contributed by atoms with Gasteiger partial charge in [0.25, 0.3) is 0 Å². The van der Waals surface area contributed by atoms with Gasteiger partial charge in [-0.3, -0.25) is 0 Å². The van der Waals surface area contributed by atoms with Crippen molar-refractivity contribution in [2.75, 3.05) is 6.54 Å². The van der Waals surface area contributed by atoms with Gasteiger partial charge in [0.2, 0.25) is 0 Å². The van der Waals surface area contributed by atoms with E-state index in [0.717, 1.165) is 19.5 Å². The second kappa shape index (κ2) is 4.94. The van der Waals surface area contributed by atoms with Gasteiger partial charge in [-0.15, -0.1) is 0 Å². The van der Waals surface area contributed by atoms with Crippen molar-refractivity contribution >= 4 is 0 Å². The summed E-state index contributed by atoms with van der Waals surface area (Å²) < 4.78 is 0. The summed E-state index contributed by atoms with van der Waals surface area (Å²) in [5.41, 5.74) is 4.27. The molecular formula is C14H18N+. The average Bonchev–Trinajstić information content (AvgIpc) is 2.74. The van der Waals surface area contributed by atoms with Crippen molar-refractivity contribution in [2.45, 2.75) is 19.9 Å². The van der Waals surface area contributed by atoms with Gasteiger partial charge in [0, 0.05) is 5.56 Å². The molecule has 15 heavy (non-hydrogen) atoms. The van der Waals surface area contributed by atoms with Gasteiger partial charge < -0.3 is 5.32 Å². The van der Waals surface area contributed by atoms with E-state index in [1.165, 1.54) is 16.7 Å². The fourth-order valence-corrected chi connectivity index (χ4v) is 1.79. The standard InChI is InChI=1S/C14H17N/c1-12-6-8-14(9-7-12)11-15-10-13-4-2-3-5-13/h2-4,6-9,15H,5,10-11H2,1H3/p+1. The number of aryl methyl sites for hydroxylation is 1. The Balaban J connectivity index is 1.76. The zero-order valence-corrected chi connectivity index (χ0v) is 9.24. The maximum absolute atomic E-state index is 2.36. The first-order valence-corrected chi connectivity index (χ1v) is 5.56. The lowest BCUT2D eigenvalue weighted by atomic mass is 10.1. The summed E-state index contributed by atoms with van der Waals surface area (Å²) in [6, 6.07) is 8.79. The molecule has 0 saturated heterocycles. The number of benzene rings is 1. The first kappa shape index (κ1) is 10.2. The Kier molecular flexibility index (Phi) is 3.36. The molecule has 1 aromatic carbocycles. The van der Waals surface area contributed by atoms with E-state index in [2.05, 4.69) is 54.7 Å². The molecule has 1 aliphatic carbocycles. The van der Waals surface area contributed by atoms with Gasteiger partial charge >= 0.3 is 0 Å². The number of rotatable bonds is 4. The van der Waals surface area contributed by atoms with E-state index in [0.29, 0.717) is 0 Å². The van der Waals surface area contributed by atoms with Crippen LogP contribution >= 0.6 is 0 Å². The molecule has 1 aromatic rings.